The first-order valence-electron chi connectivity index (χ1n) is 5.86. The molecule has 0 aliphatic carbocycles. The second kappa shape index (κ2) is 7.29. The SMILES string of the molecule is Cl.N#Cc1ccccc1N1C(=O)CC(SCCN)C1=O. The lowest BCUT2D eigenvalue weighted by atomic mass is 10.2. The zero-order valence-electron chi connectivity index (χ0n) is 10.6. The highest BCUT2D eigenvalue weighted by atomic mass is 35.5. The molecule has 1 atom stereocenters. The predicted molar refractivity (Wildman–Crippen MR) is 80.8 cm³/mol. The standard InChI is InChI=1S/C13H13N3O2S.ClH/c14-5-6-19-11-7-12(17)16(13(11)18)10-4-2-1-3-9(10)8-15;/h1-4,11H,5-7,14H2;1H. The Hall–Kier alpha value is -1.55. The summed E-state index contributed by atoms with van der Waals surface area (Å²) in [5, 5.41) is 8.65. The molecule has 1 fully saturated rings. The molecule has 1 aromatic carbocycles. The van der Waals surface area contributed by atoms with Gasteiger partial charge in [-0.05, 0) is 12.1 Å². The quantitative estimate of drug-likeness (QED) is 0.847. The van der Waals surface area contributed by atoms with Crippen molar-refractivity contribution in [1.29, 1.82) is 5.26 Å². The van der Waals surface area contributed by atoms with Gasteiger partial charge >= 0.3 is 0 Å². The van der Waals surface area contributed by atoms with Gasteiger partial charge in [-0.1, -0.05) is 12.1 Å². The van der Waals surface area contributed by atoms with E-state index in [-0.39, 0.29) is 35.9 Å². The van der Waals surface area contributed by atoms with Gasteiger partial charge in [-0.25, -0.2) is 4.90 Å². The maximum atomic E-state index is 12.2. The molecule has 0 radical (unpaired) electrons. The molecule has 0 spiro atoms. The van der Waals surface area contributed by atoms with E-state index in [0.29, 0.717) is 23.5 Å². The summed E-state index contributed by atoms with van der Waals surface area (Å²) < 4.78 is 0. The van der Waals surface area contributed by atoms with E-state index in [1.54, 1.807) is 24.3 Å². The van der Waals surface area contributed by atoms with Crippen molar-refractivity contribution in [3.8, 4) is 6.07 Å². The van der Waals surface area contributed by atoms with Crippen LogP contribution in [0.25, 0.3) is 0 Å². The zero-order chi connectivity index (χ0) is 13.8. The Balaban J connectivity index is 0.00000200. The van der Waals surface area contributed by atoms with Gasteiger partial charge in [0.2, 0.25) is 11.8 Å². The van der Waals surface area contributed by atoms with Crippen molar-refractivity contribution >= 4 is 41.7 Å². The number of anilines is 1. The fraction of sp³-hybridized carbons (Fsp3) is 0.308. The number of imide groups is 1. The summed E-state index contributed by atoms with van der Waals surface area (Å²) in [6, 6.07) is 8.62. The van der Waals surface area contributed by atoms with E-state index in [1.165, 1.54) is 11.8 Å². The van der Waals surface area contributed by atoms with E-state index in [4.69, 9.17) is 11.0 Å². The maximum Gasteiger partial charge on any atom is 0.247 e. The van der Waals surface area contributed by atoms with Crippen molar-refractivity contribution < 1.29 is 9.59 Å². The molecule has 0 bridgehead atoms. The number of carbonyl (C=O) groups is 2. The molecule has 2 rings (SSSR count). The Morgan fingerprint density at radius 2 is 2.10 bits per heavy atom. The van der Waals surface area contributed by atoms with Crippen LogP contribution >= 0.6 is 24.2 Å². The normalized spacial score (nSPS) is 17.8. The third-order valence-electron chi connectivity index (χ3n) is 2.81. The fourth-order valence-corrected chi connectivity index (χ4v) is 2.89. The van der Waals surface area contributed by atoms with Crippen molar-refractivity contribution in [1.82, 2.24) is 0 Å². The van der Waals surface area contributed by atoms with E-state index in [0.717, 1.165) is 4.90 Å². The van der Waals surface area contributed by atoms with E-state index >= 15 is 0 Å². The molecule has 1 aromatic rings. The number of nitrogens with zero attached hydrogens (tertiary/aromatic N) is 2. The third kappa shape index (κ3) is 3.12. The second-order valence-corrected chi connectivity index (χ2v) is 5.36. The van der Waals surface area contributed by atoms with Gasteiger partial charge in [0, 0.05) is 18.7 Å². The van der Waals surface area contributed by atoms with Gasteiger partial charge in [0.15, 0.2) is 0 Å². The predicted octanol–water partition coefficient (Wildman–Crippen LogP) is 1.30. The molecule has 2 amide bonds. The lowest BCUT2D eigenvalue weighted by Crippen LogP contribution is -2.32. The molecule has 1 aliphatic rings. The Morgan fingerprint density at radius 1 is 1.40 bits per heavy atom. The van der Waals surface area contributed by atoms with Gasteiger partial charge in [0.05, 0.1) is 16.5 Å². The number of hydrogen-bond donors (Lipinski definition) is 1. The van der Waals surface area contributed by atoms with Gasteiger partial charge in [-0.2, -0.15) is 5.26 Å². The van der Waals surface area contributed by atoms with Crippen LogP contribution in [0.5, 0.6) is 0 Å². The number of carbonyl (C=O) groups excluding carboxylic acids is 2. The number of para-hydroxylation sites is 1. The first-order valence-corrected chi connectivity index (χ1v) is 6.91. The summed E-state index contributed by atoms with van der Waals surface area (Å²) in [5.74, 6) is 0.116. The topological polar surface area (TPSA) is 87.2 Å². The number of halogens is 1. The van der Waals surface area contributed by atoms with Crippen molar-refractivity contribution in [2.75, 3.05) is 17.2 Å². The lowest BCUT2D eigenvalue weighted by Gasteiger charge is -2.16. The van der Waals surface area contributed by atoms with Crippen LogP contribution in [0.3, 0.4) is 0 Å². The lowest BCUT2D eigenvalue weighted by molar-refractivity contribution is -0.121. The number of rotatable bonds is 4. The van der Waals surface area contributed by atoms with Crippen LogP contribution < -0.4 is 10.6 Å². The van der Waals surface area contributed by atoms with Crippen LogP contribution in [0.2, 0.25) is 0 Å². The number of thioether (sulfide) groups is 1. The van der Waals surface area contributed by atoms with E-state index in [9.17, 15) is 9.59 Å². The van der Waals surface area contributed by atoms with Crippen LogP contribution in [0.4, 0.5) is 5.69 Å². The summed E-state index contributed by atoms with van der Waals surface area (Å²) in [7, 11) is 0. The number of nitrogens with two attached hydrogens (primary N) is 1. The van der Waals surface area contributed by atoms with E-state index in [1.807, 2.05) is 6.07 Å². The molecule has 2 N–H and O–H groups in total. The molecule has 7 heteroatoms. The van der Waals surface area contributed by atoms with Crippen LogP contribution in [-0.2, 0) is 9.59 Å². The van der Waals surface area contributed by atoms with Crippen LogP contribution in [-0.4, -0.2) is 29.4 Å². The highest BCUT2D eigenvalue weighted by Gasteiger charge is 2.40. The monoisotopic (exact) mass is 311 g/mol. The third-order valence-corrected chi connectivity index (χ3v) is 4.05. The van der Waals surface area contributed by atoms with Crippen molar-refractivity contribution in [2.24, 2.45) is 5.73 Å². The largest absolute Gasteiger partial charge is 0.330 e. The number of benzene rings is 1. The highest BCUT2D eigenvalue weighted by molar-refractivity contribution is 8.00. The molecular weight excluding hydrogens is 298 g/mol. The van der Waals surface area contributed by atoms with Crippen molar-refractivity contribution in [2.45, 2.75) is 11.7 Å². The molecule has 0 aromatic heterocycles. The minimum atomic E-state index is -0.386. The fourth-order valence-electron chi connectivity index (χ4n) is 1.96. The molecular formula is C13H14ClN3O2S. The molecule has 5 nitrogen and oxygen atoms in total. The Bertz CT molecular complexity index is 559. The minimum absolute atomic E-state index is 0. The summed E-state index contributed by atoms with van der Waals surface area (Å²) in [5.41, 5.74) is 6.10. The molecule has 20 heavy (non-hydrogen) atoms. The van der Waals surface area contributed by atoms with Gasteiger partial charge in [0.1, 0.15) is 6.07 Å². The summed E-state index contributed by atoms with van der Waals surface area (Å²) in [6.07, 6.45) is 0.170. The molecule has 1 heterocycles. The van der Waals surface area contributed by atoms with Crippen LogP contribution in [0, 0.1) is 11.3 Å². The second-order valence-electron chi connectivity index (χ2n) is 4.05. The summed E-state index contributed by atoms with van der Waals surface area (Å²) in [4.78, 5) is 25.3. The smallest absolute Gasteiger partial charge is 0.247 e. The first kappa shape index (κ1) is 16.5. The van der Waals surface area contributed by atoms with Crippen LogP contribution in [0.1, 0.15) is 12.0 Å². The van der Waals surface area contributed by atoms with Crippen LogP contribution in [0.15, 0.2) is 24.3 Å². The Morgan fingerprint density at radius 3 is 2.75 bits per heavy atom. The summed E-state index contributed by atoms with van der Waals surface area (Å²) >= 11 is 1.39. The zero-order valence-corrected chi connectivity index (χ0v) is 12.2. The molecule has 1 unspecified atom stereocenters. The number of amides is 2. The van der Waals surface area contributed by atoms with Gasteiger partial charge < -0.3 is 5.73 Å². The van der Waals surface area contributed by atoms with E-state index in [2.05, 4.69) is 0 Å². The first-order chi connectivity index (χ1) is 9.19. The number of nitriles is 1. The Kier molecular flexibility index (Phi) is 6.02. The molecule has 1 saturated heterocycles. The van der Waals surface area contributed by atoms with Crippen molar-refractivity contribution in [3.05, 3.63) is 29.8 Å². The van der Waals surface area contributed by atoms with Gasteiger partial charge in [0.25, 0.3) is 0 Å². The average molecular weight is 312 g/mol. The molecule has 106 valence electrons. The van der Waals surface area contributed by atoms with E-state index < -0.39 is 0 Å². The molecule has 1 aliphatic heterocycles. The average Bonchev–Trinajstić information content (AvgIpc) is 2.71. The van der Waals surface area contributed by atoms with Gasteiger partial charge in [-0.15, -0.1) is 24.2 Å². The van der Waals surface area contributed by atoms with Crippen molar-refractivity contribution in [3.63, 3.8) is 0 Å². The number of hydrogen-bond acceptors (Lipinski definition) is 5. The molecule has 0 saturated carbocycles. The maximum absolute atomic E-state index is 12.2. The Labute approximate surface area is 127 Å². The highest BCUT2D eigenvalue weighted by Crippen LogP contribution is 2.31. The van der Waals surface area contributed by atoms with Gasteiger partial charge in [-0.3, -0.25) is 9.59 Å². The summed E-state index contributed by atoms with van der Waals surface area (Å²) in [6.45, 7) is 0.470. The minimum Gasteiger partial charge on any atom is -0.330 e.